The Labute approximate surface area is 232 Å². The molecule has 0 unspecified atom stereocenters. The van der Waals surface area contributed by atoms with Crippen LogP contribution >= 0.6 is 23.2 Å². The minimum absolute atomic E-state index is 0.137. The predicted octanol–water partition coefficient (Wildman–Crippen LogP) is 6.13. The Kier molecular flexibility index (Phi) is 8.26. The molecule has 0 fully saturated rings. The van der Waals surface area contributed by atoms with E-state index in [9.17, 15) is 13.2 Å². The molecule has 4 rings (SSSR count). The Morgan fingerprint density at radius 1 is 1.00 bits per heavy atom. The fourth-order valence-electron chi connectivity index (χ4n) is 4.08. The van der Waals surface area contributed by atoms with Gasteiger partial charge in [0.2, 0.25) is 10.0 Å². The SMILES string of the molecule is Cc1cc(/C=N\NC(=O)c2ccc(N(Cc3ccc(Cl)cc3)S(C)(=O)=O)cc2)c(C)n1-c1ccccc1Cl. The molecule has 1 heterocycles. The lowest BCUT2D eigenvalue weighted by atomic mass is 10.2. The molecule has 0 aliphatic heterocycles. The molecule has 0 aliphatic carbocycles. The maximum Gasteiger partial charge on any atom is 0.271 e. The van der Waals surface area contributed by atoms with E-state index >= 15 is 0 Å². The van der Waals surface area contributed by atoms with Gasteiger partial charge in [0.15, 0.2) is 0 Å². The van der Waals surface area contributed by atoms with Crippen LogP contribution in [0.1, 0.15) is 32.9 Å². The molecular formula is C28H26Cl2N4O3S. The third kappa shape index (κ3) is 6.27. The van der Waals surface area contributed by atoms with E-state index in [-0.39, 0.29) is 6.54 Å². The van der Waals surface area contributed by atoms with Crippen LogP contribution < -0.4 is 9.73 Å². The second-order valence-electron chi connectivity index (χ2n) is 8.76. The van der Waals surface area contributed by atoms with E-state index in [0.29, 0.717) is 21.3 Å². The van der Waals surface area contributed by atoms with Gasteiger partial charge in [-0.15, -0.1) is 0 Å². The van der Waals surface area contributed by atoms with Gasteiger partial charge in [0.25, 0.3) is 5.91 Å². The van der Waals surface area contributed by atoms with Crippen molar-refractivity contribution >= 4 is 51.0 Å². The maximum atomic E-state index is 12.7. The van der Waals surface area contributed by atoms with Gasteiger partial charge in [-0.25, -0.2) is 13.8 Å². The zero-order chi connectivity index (χ0) is 27.4. The zero-order valence-corrected chi connectivity index (χ0v) is 23.3. The Morgan fingerprint density at radius 2 is 1.66 bits per heavy atom. The fourth-order valence-corrected chi connectivity index (χ4v) is 5.32. The number of hydrogen-bond acceptors (Lipinski definition) is 4. The second kappa shape index (κ2) is 11.4. The monoisotopic (exact) mass is 568 g/mol. The first kappa shape index (κ1) is 27.4. The van der Waals surface area contributed by atoms with Crippen molar-refractivity contribution in [3.63, 3.8) is 0 Å². The summed E-state index contributed by atoms with van der Waals surface area (Å²) in [5.41, 5.74) is 7.71. The van der Waals surface area contributed by atoms with Crippen LogP contribution in [0.25, 0.3) is 5.69 Å². The van der Waals surface area contributed by atoms with Crippen LogP contribution in [0.2, 0.25) is 10.0 Å². The van der Waals surface area contributed by atoms with E-state index in [0.717, 1.165) is 34.5 Å². The van der Waals surface area contributed by atoms with E-state index in [1.54, 1.807) is 54.7 Å². The number of halogens is 2. The minimum atomic E-state index is -3.57. The standard InChI is InChI=1S/C28H26Cl2N4O3S/c1-19-16-23(20(2)34(19)27-7-5-4-6-26(27)30)17-31-32-28(35)22-10-14-25(15-11-22)33(38(3,36)37)18-21-8-12-24(29)13-9-21/h4-17H,18H2,1-3H3,(H,32,35)/b31-17-. The molecule has 4 aromatic rings. The summed E-state index contributed by atoms with van der Waals surface area (Å²) in [4.78, 5) is 12.7. The van der Waals surface area contributed by atoms with Crippen molar-refractivity contribution in [3.8, 4) is 5.69 Å². The molecule has 7 nitrogen and oxygen atoms in total. The molecule has 196 valence electrons. The summed E-state index contributed by atoms with van der Waals surface area (Å²) in [6.07, 6.45) is 2.72. The normalized spacial score (nSPS) is 11.6. The quantitative estimate of drug-likeness (QED) is 0.205. The topological polar surface area (TPSA) is 83.8 Å². The molecule has 0 atom stereocenters. The molecular weight excluding hydrogens is 543 g/mol. The van der Waals surface area contributed by atoms with E-state index < -0.39 is 15.9 Å². The van der Waals surface area contributed by atoms with Crippen LogP contribution in [0.4, 0.5) is 5.69 Å². The molecule has 0 saturated carbocycles. The van der Waals surface area contributed by atoms with Crippen molar-refractivity contribution in [1.29, 1.82) is 0 Å². The number of aromatic nitrogens is 1. The van der Waals surface area contributed by atoms with E-state index in [1.165, 1.54) is 4.31 Å². The predicted molar refractivity (Wildman–Crippen MR) is 154 cm³/mol. The average molecular weight is 570 g/mol. The molecule has 10 heteroatoms. The van der Waals surface area contributed by atoms with Gasteiger partial charge in [-0.2, -0.15) is 5.10 Å². The number of sulfonamides is 1. The Hall–Kier alpha value is -3.59. The van der Waals surface area contributed by atoms with Crippen molar-refractivity contribution in [2.75, 3.05) is 10.6 Å². The van der Waals surface area contributed by atoms with Crippen molar-refractivity contribution in [3.05, 3.63) is 117 Å². The summed E-state index contributed by atoms with van der Waals surface area (Å²) in [7, 11) is -3.57. The zero-order valence-electron chi connectivity index (χ0n) is 21.0. The Bertz CT molecular complexity index is 1600. The van der Waals surface area contributed by atoms with Gasteiger partial charge < -0.3 is 4.57 Å². The summed E-state index contributed by atoms with van der Waals surface area (Å²) >= 11 is 12.3. The third-order valence-electron chi connectivity index (χ3n) is 5.99. The number of hydrogen-bond donors (Lipinski definition) is 1. The van der Waals surface area contributed by atoms with Crippen molar-refractivity contribution < 1.29 is 13.2 Å². The lowest BCUT2D eigenvalue weighted by Crippen LogP contribution is -2.29. The van der Waals surface area contributed by atoms with Gasteiger partial charge in [0.1, 0.15) is 0 Å². The van der Waals surface area contributed by atoms with Gasteiger partial charge in [-0.3, -0.25) is 9.10 Å². The first-order chi connectivity index (χ1) is 18.0. The lowest BCUT2D eigenvalue weighted by molar-refractivity contribution is 0.0955. The van der Waals surface area contributed by atoms with Gasteiger partial charge in [0.05, 0.1) is 35.4 Å². The molecule has 0 saturated heterocycles. The number of benzene rings is 3. The number of nitrogens with zero attached hydrogens (tertiary/aromatic N) is 3. The number of nitrogens with one attached hydrogen (secondary N) is 1. The molecule has 0 radical (unpaired) electrons. The highest BCUT2D eigenvalue weighted by atomic mass is 35.5. The van der Waals surface area contributed by atoms with Crippen LogP contribution in [0.15, 0.2) is 84.0 Å². The Morgan fingerprint density at radius 3 is 2.29 bits per heavy atom. The number of anilines is 1. The highest BCUT2D eigenvalue weighted by Crippen LogP contribution is 2.26. The first-order valence-corrected chi connectivity index (χ1v) is 14.2. The van der Waals surface area contributed by atoms with E-state index in [2.05, 4.69) is 10.5 Å². The van der Waals surface area contributed by atoms with Gasteiger partial charge in [-0.05, 0) is 74.0 Å². The number of amides is 1. The molecule has 38 heavy (non-hydrogen) atoms. The maximum absolute atomic E-state index is 12.7. The fraction of sp³-hybridized carbons (Fsp3) is 0.143. The van der Waals surface area contributed by atoms with Crippen LogP contribution in [0.5, 0.6) is 0 Å². The molecule has 0 bridgehead atoms. The van der Waals surface area contributed by atoms with E-state index in [1.807, 2.05) is 48.7 Å². The van der Waals surface area contributed by atoms with Crippen LogP contribution in [-0.4, -0.2) is 31.4 Å². The summed E-state index contributed by atoms with van der Waals surface area (Å²) in [5.74, 6) is -0.420. The number of para-hydroxylation sites is 1. The summed E-state index contributed by atoms with van der Waals surface area (Å²) in [6, 6.07) is 22.8. The number of hydrazone groups is 1. The number of carbonyl (C=O) groups is 1. The first-order valence-electron chi connectivity index (χ1n) is 11.6. The molecule has 1 N–H and O–H groups in total. The average Bonchev–Trinajstić information content (AvgIpc) is 3.16. The summed E-state index contributed by atoms with van der Waals surface area (Å²) in [6.45, 7) is 4.06. The molecule has 3 aromatic carbocycles. The van der Waals surface area contributed by atoms with Gasteiger partial charge in [0, 0.05) is 27.5 Å². The number of carbonyl (C=O) groups excluding carboxylic acids is 1. The third-order valence-corrected chi connectivity index (χ3v) is 7.70. The molecule has 1 aromatic heterocycles. The highest BCUT2D eigenvalue weighted by Gasteiger charge is 2.19. The molecule has 1 amide bonds. The Balaban J connectivity index is 1.47. The van der Waals surface area contributed by atoms with Gasteiger partial charge >= 0.3 is 0 Å². The van der Waals surface area contributed by atoms with Crippen LogP contribution in [0, 0.1) is 13.8 Å². The molecule has 0 spiro atoms. The largest absolute Gasteiger partial charge is 0.316 e. The van der Waals surface area contributed by atoms with Gasteiger partial charge in [-0.1, -0.05) is 47.5 Å². The van der Waals surface area contributed by atoms with Crippen LogP contribution in [-0.2, 0) is 16.6 Å². The molecule has 0 aliphatic rings. The lowest BCUT2D eigenvalue weighted by Gasteiger charge is -2.22. The minimum Gasteiger partial charge on any atom is -0.316 e. The smallest absolute Gasteiger partial charge is 0.271 e. The van der Waals surface area contributed by atoms with Crippen LogP contribution in [0.3, 0.4) is 0 Å². The number of aryl methyl sites for hydroxylation is 1. The van der Waals surface area contributed by atoms with Crippen molar-refractivity contribution in [2.45, 2.75) is 20.4 Å². The van der Waals surface area contributed by atoms with E-state index in [4.69, 9.17) is 23.2 Å². The van der Waals surface area contributed by atoms with Crippen molar-refractivity contribution in [2.24, 2.45) is 5.10 Å². The summed E-state index contributed by atoms with van der Waals surface area (Å²) < 4.78 is 28.2. The van der Waals surface area contributed by atoms with Crippen molar-refractivity contribution in [1.82, 2.24) is 9.99 Å². The highest BCUT2D eigenvalue weighted by molar-refractivity contribution is 7.92. The second-order valence-corrected chi connectivity index (χ2v) is 11.5. The number of rotatable bonds is 8. The summed E-state index contributed by atoms with van der Waals surface area (Å²) in [5, 5.41) is 5.33.